The zero-order valence-corrected chi connectivity index (χ0v) is 20.3. The van der Waals surface area contributed by atoms with Gasteiger partial charge in [0.05, 0.1) is 17.4 Å². The van der Waals surface area contributed by atoms with Crippen LogP contribution in [-0.2, 0) is 7.05 Å². The van der Waals surface area contributed by atoms with Crippen LogP contribution in [0.1, 0.15) is 66.1 Å². The van der Waals surface area contributed by atoms with Crippen LogP contribution in [0.15, 0.2) is 30.7 Å². The summed E-state index contributed by atoms with van der Waals surface area (Å²) in [4.78, 5) is 35.7. The molecule has 0 bridgehead atoms. The molecule has 2 amide bonds. The number of carbonyl (C=O) groups is 2. The number of carbonyl (C=O) groups excluding carboxylic acids is 2. The Labute approximate surface area is 203 Å². The molecule has 4 heterocycles. The average Bonchev–Trinajstić information content (AvgIpc) is 3.24. The van der Waals surface area contributed by atoms with Crippen LogP contribution in [0.3, 0.4) is 0 Å². The molecular weight excluding hydrogens is 448 g/mol. The molecule has 12 heteroatoms. The second-order valence-electron chi connectivity index (χ2n) is 8.98. The fraction of sp³-hybridized carbons (Fsp3) is 0.435. The van der Waals surface area contributed by atoms with Crippen molar-refractivity contribution < 1.29 is 9.59 Å². The number of hydrogen-bond donors (Lipinski definition) is 3. The first-order chi connectivity index (χ1) is 16.7. The predicted molar refractivity (Wildman–Crippen MR) is 130 cm³/mol. The van der Waals surface area contributed by atoms with Gasteiger partial charge >= 0.3 is 0 Å². The van der Waals surface area contributed by atoms with E-state index in [0.29, 0.717) is 29.7 Å². The number of nitrogens with two attached hydrogens (primary N) is 1. The van der Waals surface area contributed by atoms with Gasteiger partial charge in [0.2, 0.25) is 5.95 Å². The quantitative estimate of drug-likeness (QED) is 0.460. The van der Waals surface area contributed by atoms with Crippen LogP contribution in [0.4, 0.5) is 17.5 Å². The van der Waals surface area contributed by atoms with Gasteiger partial charge < -0.3 is 21.3 Å². The summed E-state index contributed by atoms with van der Waals surface area (Å²) in [5.74, 6) is -0.0717. The Morgan fingerprint density at radius 3 is 2.63 bits per heavy atom. The van der Waals surface area contributed by atoms with Gasteiger partial charge in [0, 0.05) is 43.8 Å². The van der Waals surface area contributed by atoms with Gasteiger partial charge in [-0.25, -0.2) is 0 Å². The Morgan fingerprint density at radius 1 is 1.20 bits per heavy atom. The summed E-state index contributed by atoms with van der Waals surface area (Å²) in [6.07, 6.45) is 6.59. The molecule has 0 aliphatic carbocycles. The molecule has 0 saturated carbocycles. The Balaban J connectivity index is 1.52. The number of rotatable bonds is 7. The smallest absolute Gasteiger partial charge is 0.273 e. The number of anilines is 3. The second kappa shape index (κ2) is 10.0. The molecule has 4 N–H and O–H groups in total. The van der Waals surface area contributed by atoms with Crippen LogP contribution in [0, 0.1) is 0 Å². The van der Waals surface area contributed by atoms with Crippen molar-refractivity contribution in [1.82, 2.24) is 35.3 Å². The van der Waals surface area contributed by atoms with Crippen LogP contribution in [0.5, 0.6) is 0 Å². The molecule has 0 aromatic carbocycles. The van der Waals surface area contributed by atoms with E-state index in [1.807, 2.05) is 17.9 Å². The number of hydrogen-bond acceptors (Lipinski definition) is 9. The van der Waals surface area contributed by atoms with Gasteiger partial charge in [-0.15, -0.1) is 10.2 Å². The Kier molecular flexibility index (Phi) is 6.90. The lowest BCUT2D eigenvalue weighted by molar-refractivity contribution is 0.0922. The molecule has 2 atom stereocenters. The summed E-state index contributed by atoms with van der Waals surface area (Å²) < 4.78 is 1.62. The Morgan fingerprint density at radius 2 is 2.00 bits per heavy atom. The standard InChI is InChI=1S/C23H30N10O2/c1-13(2)17-8-7-15(10-25-17)22(35)28-18-6-5-9-33(14(18)3)23-29-21(19(20(24)34)30-31-23)27-16-11-26-32(4)12-16/h7-8,10-14,18H,5-6,9H2,1-4H3,(H2,24,34)(H,28,35)(H,27,29,31)/t14-,18-/m1/s1. The van der Waals surface area contributed by atoms with E-state index in [4.69, 9.17) is 5.73 Å². The number of nitrogens with one attached hydrogen (secondary N) is 2. The molecule has 184 valence electrons. The molecule has 4 rings (SSSR count). The van der Waals surface area contributed by atoms with Gasteiger partial charge in [-0.2, -0.15) is 10.1 Å². The molecule has 12 nitrogen and oxygen atoms in total. The first-order valence-corrected chi connectivity index (χ1v) is 11.6. The van der Waals surface area contributed by atoms with E-state index in [1.54, 1.807) is 36.4 Å². The number of nitrogens with zero attached hydrogens (tertiary/aromatic N) is 7. The molecule has 0 radical (unpaired) electrons. The van der Waals surface area contributed by atoms with E-state index < -0.39 is 5.91 Å². The van der Waals surface area contributed by atoms with Crippen LogP contribution in [-0.4, -0.2) is 60.4 Å². The highest BCUT2D eigenvalue weighted by Crippen LogP contribution is 2.25. The lowest BCUT2D eigenvalue weighted by Crippen LogP contribution is -2.54. The number of pyridine rings is 1. The molecule has 0 spiro atoms. The Bertz CT molecular complexity index is 1210. The van der Waals surface area contributed by atoms with Crippen LogP contribution < -0.4 is 21.3 Å². The van der Waals surface area contributed by atoms with E-state index in [2.05, 4.69) is 49.7 Å². The largest absolute Gasteiger partial charge is 0.364 e. The highest BCUT2D eigenvalue weighted by molar-refractivity contribution is 5.96. The predicted octanol–water partition coefficient (Wildman–Crippen LogP) is 1.75. The van der Waals surface area contributed by atoms with Crippen molar-refractivity contribution in [3.63, 3.8) is 0 Å². The van der Waals surface area contributed by atoms with Crippen molar-refractivity contribution in [3.8, 4) is 0 Å². The van der Waals surface area contributed by atoms with Crippen molar-refractivity contribution >= 4 is 29.3 Å². The molecule has 35 heavy (non-hydrogen) atoms. The highest BCUT2D eigenvalue weighted by atomic mass is 16.2. The van der Waals surface area contributed by atoms with E-state index in [1.165, 1.54) is 0 Å². The summed E-state index contributed by atoms with van der Waals surface area (Å²) in [5.41, 5.74) is 7.51. The van der Waals surface area contributed by atoms with E-state index >= 15 is 0 Å². The SMILES string of the molecule is CC(C)c1ccc(C(=O)N[C@@H]2CCCN(c3nnc(C(N)=O)c(Nc4cnn(C)c4)n3)[C@@H]2C)cn1. The molecule has 1 saturated heterocycles. The molecule has 1 aliphatic heterocycles. The van der Waals surface area contributed by atoms with Gasteiger partial charge in [-0.05, 0) is 37.8 Å². The van der Waals surface area contributed by atoms with Crippen molar-refractivity contribution in [2.45, 2.75) is 51.6 Å². The minimum Gasteiger partial charge on any atom is -0.364 e. The van der Waals surface area contributed by atoms with Gasteiger partial charge in [-0.3, -0.25) is 19.3 Å². The fourth-order valence-corrected chi connectivity index (χ4v) is 4.07. The van der Waals surface area contributed by atoms with E-state index in [0.717, 1.165) is 18.5 Å². The topological polar surface area (TPSA) is 157 Å². The maximum absolute atomic E-state index is 12.9. The molecule has 1 aliphatic rings. The van der Waals surface area contributed by atoms with Crippen molar-refractivity contribution in [2.24, 2.45) is 12.8 Å². The number of primary amides is 1. The third-order valence-electron chi connectivity index (χ3n) is 6.08. The fourth-order valence-electron chi connectivity index (χ4n) is 4.07. The summed E-state index contributed by atoms with van der Waals surface area (Å²) in [6.45, 7) is 6.81. The third kappa shape index (κ3) is 5.36. The number of aromatic nitrogens is 6. The maximum Gasteiger partial charge on any atom is 0.273 e. The third-order valence-corrected chi connectivity index (χ3v) is 6.08. The van der Waals surface area contributed by atoms with Crippen molar-refractivity contribution in [2.75, 3.05) is 16.8 Å². The van der Waals surface area contributed by atoms with Crippen molar-refractivity contribution in [3.05, 3.63) is 47.7 Å². The second-order valence-corrected chi connectivity index (χ2v) is 8.98. The normalized spacial score (nSPS) is 17.9. The van der Waals surface area contributed by atoms with E-state index in [9.17, 15) is 9.59 Å². The summed E-state index contributed by atoms with van der Waals surface area (Å²) in [7, 11) is 1.78. The lowest BCUT2D eigenvalue weighted by atomic mass is 9.97. The van der Waals surface area contributed by atoms with Gasteiger partial charge in [0.25, 0.3) is 11.8 Å². The maximum atomic E-state index is 12.9. The number of amides is 2. The molecular formula is C23H30N10O2. The van der Waals surface area contributed by atoms with Crippen molar-refractivity contribution in [1.29, 1.82) is 0 Å². The molecule has 0 unspecified atom stereocenters. The summed E-state index contributed by atoms with van der Waals surface area (Å²) in [5, 5.41) is 18.5. The van der Waals surface area contributed by atoms with Crippen LogP contribution >= 0.6 is 0 Å². The first-order valence-electron chi connectivity index (χ1n) is 11.6. The van der Waals surface area contributed by atoms with Crippen LogP contribution in [0.2, 0.25) is 0 Å². The lowest BCUT2D eigenvalue weighted by Gasteiger charge is -2.39. The van der Waals surface area contributed by atoms with Gasteiger partial charge in [-0.1, -0.05) is 13.8 Å². The van der Waals surface area contributed by atoms with Crippen LogP contribution in [0.25, 0.3) is 0 Å². The number of aryl methyl sites for hydroxylation is 1. The summed E-state index contributed by atoms with van der Waals surface area (Å²) >= 11 is 0. The molecule has 3 aromatic heterocycles. The first kappa shape index (κ1) is 24.0. The highest BCUT2D eigenvalue weighted by Gasteiger charge is 2.32. The minimum absolute atomic E-state index is 0.0653. The monoisotopic (exact) mass is 478 g/mol. The van der Waals surface area contributed by atoms with Gasteiger partial charge in [0.1, 0.15) is 0 Å². The average molecular weight is 479 g/mol. The minimum atomic E-state index is -0.739. The zero-order valence-electron chi connectivity index (χ0n) is 20.3. The summed E-state index contributed by atoms with van der Waals surface area (Å²) in [6, 6.07) is 3.44. The van der Waals surface area contributed by atoms with Gasteiger partial charge in [0.15, 0.2) is 11.5 Å². The molecule has 3 aromatic rings. The Hall–Kier alpha value is -4.09. The zero-order chi connectivity index (χ0) is 25.1. The molecule has 1 fully saturated rings. The number of piperidine rings is 1. The van der Waals surface area contributed by atoms with E-state index in [-0.39, 0.29) is 29.5 Å².